The van der Waals surface area contributed by atoms with Gasteiger partial charge in [-0.2, -0.15) is 5.26 Å². The van der Waals surface area contributed by atoms with Crippen LogP contribution in [0.15, 0.2) is 83.3 Å². The van der Waals surface area contributed by atoms with Gasteiger partial charge in [-0.1, -0.05) is 37.6 Å². The fourth-order valence-electron chi connectivity index (χ4n) is 5.78. The number of carbonyl (C=O) groups excluding carboxylic acids is 1. The summed E-state index contributed by atoms with van der Waals surface area (Å²) in [4.78, 5) is 15.6. The number of benzene rings is 3. The molecule has 0 spiro atoms. The number of Topliss-reactive ketones (excluding diaryl/α,β-unsaturated/α-hetero) is 1. The molecule has 1 aliphatic carbocycles. The molecule has 0 aromatic heterocycles. The molecule has 2 N–H and O–H groups in total. The maximum absolute atomic E-state index is 13.9. The minimum absolute atomic E-state index is 0.0115. The van der Waals surface area contributed by atoms with Crippen molar-refractivity contribution in [1.82, 2.24) is 0 Å². The van der Waals surface area contributed by atoms with Gasteiger partial charge in [0.05, 0.1) is 17.6 Å². The number of ketones is 1. The van der Waals surface area contributed by atoms with E-state index in [0.29, 0.717) is 47.1 Å². The summed E-state index contributed by atoms with van der Waals surface area (Å²) in [6, 6.07) is 19.5. The Balaban J connectivity index is 1.65. The van der Waals surface area contributed by atoms with E-state index in [4.69, 9.17) is 22.1 Å². The highest BCUT2D eigenvalue weighted by Crippen LogP contribution is 2.50. The Labute approximate surface area is 239 Å². The minimum Gasteiger partial charge on any atom is -0.489 e. The minimum atomic E-state index is -0.616. The molecule has 5 nitrogen and oxygen atoms in total. The summed E-state index contributed by atoms with van der Waals surface area (Å²) < 4.78 is 19.8. The van der Waals surface area contributed by atoms with Gasteiger partial charge in [0.25, 0.3) is 0 Å². The number of nitrogens with zero attached hydrogens (tertiary/aromatic N) is 2. The molecule has 1 unspecified atom stereocenters. The van der Waals surface area contributed by atoms with Gasteiger partial charge in [-0.15, -0.1) is 0 Å². The highest BCUT2D eigenvalue weighted by Gasteiger charge is 2.45. The molecule has 0 bridgehead atoms. The Bertz CT molecular complexity index is 1600. The number of nitrogens with two attached hydrogens (primary N) is 1. The Hall–Kier alpha value is -4.08. The van der Waals surface area contributed by atoms with Crippen LogP contribution in [0.4, 0.5) is 10.1 Å². The molecular formula is C33H31ClFN3O2. The molecule has 204 valence electrons. The van der Waals surface area contributed by atoms with Crippen LogP contribution in [-0.4, -0.2) is 5.78 Å². The molecule has 3 aromatic carbocycles. The fraction of sp³-hybridized carbons (Fsp3) is 0.273. The van der Waals surface area contributed by atoms with E-state index in [9.17, 15) is 14.4 Å². The zero-order valence-corrected chi connectivity index (χ0v) is 23.8. The van der Waals surface area contributed by atoms with Gasteiger partial charge < -0.3 is 10.5 Å². The Morgan fingerprint density at radius 1 is 1.07 bits per heavy atom. The van der Waals surface area contributed by atoms with Gasteiger partial charge in [0.15, 0.2) is 5.78 Å². The number of rotatable bonds is 5. The van der Waals surface area contributed by atoms with E-state index in [1.165, 1.54) is 12.1 Å². The number of allylic oxidation sites excluding steroid dienone is 3. The standard InChI is InChI=1S/C33H31ClFN3O2/c1-19-13-20(2)26(14-21(19)18-40-25-11-5-22(34)6-12-25)30-27(17-36)32(37)38(24-9-7-23(35)8-10-24)28-15-33(3,4)16-29(39)31(28)30/h5-14,30H,15-16,18,37H2,1-4H3. The van der Waals surface area contributed by atoms with E-state index < -0.39 is 5.92 Å². The van der Waals surface area contributed by atoms with Gasteiger partial charge in [0.1, 0.15) is 24.0 Å². The molecule has 0 amide bonds. The molecule has 1 heterocycles. The van der Waals surface area contributed by atoms with Crippen LogP contribution in [0.2, 0.25) is 5.02 Å². The molecular weight excluding hydrogens is 525 g/mol. The van der Waals surface area contributed by atoms with Crippen molar-refractivity contribution >= 4 is 23.1 Å². The predicted octanol–water partition coefficient (Wildman–Crippen LogP) is 7.62. The van der Waals surface area contributed by atoms with Crippen molar-refractivity contribution < 1.29 is 13.9 Å². The van der Waals surface area contributed by atoms with Gasteiger partial charge in [-0.25, -0.2) is 4.39 Å². The van der Waals surface area contributed by atoms with E-state index in [1.807, 2.05) is 32.0 Å². The highest BCUT2D eigenvalue weighted by atomic mass is 35.5. The summed E-state index contributed by atoms with van der Waals surface area (Å²) >= 11 is 6.01. The number of nitriles is 1. The van der Waals surface area contributed by atoms with Crippen LogP contribution in [0.1, 0.15) is 54.9 Å². The van der Waals surface area contributed by atoms with Crippen LogP contribution in [0, 0.1) is 36.4 Å². The maximum atomic E-state index is 13.9. The lowest BCUT2D eigenvalue weighted by Gasteiger charge is -2.44. The topological polar surface area (TPSA) is 79.4 Å². The largest absolute Gasteiger partial charge is 0.489 e. The summed E-state index contributed by atoms with van der Waals surface area (Å²) in [6.45, 7) is 8.41. The number of halogens is 2. The molecule has 40 heavy (non-hydrogen) atoms. The third-order valence-corrected chi connectivity index (χ3v) is 7.96. The predicted molar refractivity (Wildman–Crippen MR) is 155 cm³/mol. The summed E-state index contributed by atoms with van der Waals surface area (Å²) in [6.07, 6.45) is 0.939. The van der Waals surface area contributed by atoms with Crippen molar-refractivity contribution in [1.29, 1.82) is 5.26 Å². The van der Waals surface area contributed by atoms with Gasteiger partial charge >= 0.3 is 0 Å². The first-order chi connectivity index (χ1) is 19.0. The molecule has 5 rings (SSSR count). The molecule has 0 radical (unpaired) electrons. The van der Waals surface area contributed by atoms with Crippen molar-refractivity contribution in [2.75, 3.05) is 4.90 Å². The molecule has 0 saturated heterocycles. The van der Waals surface area contributed by atoms with Gasteiger partial charge in [-0.3, -0.25) is 9.69 Å². The third kappa shape index (κ3) is 5.10. The summed E-state index contributed by atoms with van der Waals surface area (Å²) in [5.41, 5.74) is 12.5. The molecule has 3 aromatic rings. The summed E-state index contributed by atoms with van der Waals surface area (Å²) in [5, 5.41) is 11.1. The van der Waals surface area contributed by atoms with Crippen LogP contribution in [0.5, 0.6) is 5.75 Å². The highest BCUT2D eigenvalue weighted by molar-refractivity contribution is 6.30. The monoisotopic (exact) mass is 555 g/mol. The number of hydrogen-bond acceptors (Lipinski definition) is 5. The fourth-order valence-corrected chi connectivity index (χ4v) is 5.91. The zero-order chi connectivity index (χ0) is 28.8. The maximum Gasteiger partial charge on any atom is 0.162 e. The third-order valence-electron chi connectivity index (χ3n) is 7.71. The first-order valence-electron chi connectivity index (χ1n) is 13.2. The number of hydrogen-bond donors (Lipinski definition) is 1. The average Bonchev–Trinajstić information content (AvgIpc) is 2.89. The number of anilines is 1. The van der Waals surface area contributed by atoms with Gasteiger partial charge in [-0.05, 0) is 96.5 Å². The second-order valence-corrected chi connectivity index (χ2v) is 11.8. The SMILES string of the molecule is Cc1cc(C)c(C2C(C#N)=C(N)N(c3ccc(F)cc3)C3=C2C(=O)CC(C)(C)C3)cc1COc1ccc(Cl)cc1. The Morgan fingerprint density at radius 2 is 1.75 bits per heavy atom. The van der Waals surface area contributed by atoms with Crippen LogP contribution in [0.3, 0.4) is 0 Å². The van der Waals surface area contributed by atoms with Crippen molar-refractivity contribution in [2.45, 2.75) is 53.1 Å². The average molecular weight is 556 g/mol. The zero-order valence-electron chi connectivity index (χ0n) is 23.0. The van der Waals surface area contributed by atoms with E-state index >= 15 is 0 Å². The molecule has 7 heteroatoms. The van der Waals surface area contributed by atoms with Crippen LogP contribution >= 0.6 is 11.6 Å². The molecule has 0 saturated carbocycles. The second-order valence-electron chi connectivity index (χ2n) is 11.3. The summed E-state index contributed by atoms with van der Waals surface area (Å²) in [5.74, 6) is -0.0605. The van der Waals surface area contributed by atoms with Crippen LogP contribution in [0.25, 0.3) is 0 Å². The van der Waals surface area contributed by atoms with Gasteiger partial charge in [0, 0.05) is 28.4 Å². The Morgan fingerprint density at radius 3 is 2.40 bits per heavy atom. The first-order valence-corrected chi connectivity index (χ1v) is 13.6. The molecule has 1 atom stereocenters. The normalized spacial score (nSPS) is 18.5. The van der Waals surface area contributed by atoms with Crippen LogP contribution in [-0.2, 0) is 11.4 Å². The molecule has 0 fully saturated rings. The van der Waals surface area contributed by atoms with Crippen molar-refractivity contribution in [2.24, 2.45) is 11.1 Å². The van der Waals surface area contributed by atoms with E-state index in [1.54, 1.807) is 29.2 Å². The lowest BCUT2D eigenvalue weighted by Crippen LogP contribution is -2.42. The molecule has 2 aliphatic rings. The van der Waals surface area contributed by atoms with Gasteiger partial charge in [0.2, 0.25) is 0 Å². The van der Waals surface area contributed by atoms with Crippen molar-refractivity contribution in [3.63, 3.8) is 0 Å². The number of carbonyl (C=O) groups is 1. The van der Waals surface area contributed by atoms with Crippen molar-refractivity contribution in [3.05, 3.63) is 116 Å². The quantitative estimate of drug-likeness (QED) is 0.350. The lowest BCUT2D eigenvalue weighted by atomic mass is 9.68. The van der Waals surface area contributed by atoms with Crippen LogP contribution < -0.4 is 15.4 Å². The number of aryl methyl sites for hydroxylation is 2. The van der Waals surface area contributed by atoms with E-state index in [2.05, 4.69) is 26.0 Å². The second kappa shape index (κ2) is 10.5. The lowest BCUT2D eigenvalue weighted by molar-refractivity contribution is -0.118. The first kappa shape index (κ1) is 27.5. The summed E-state index contributed by atoms with van der Waals surface area (Å²) in [7, 11) is 0. The van der Waals surface area contributed by atoms with E-state index in [-0.39, 0.29) is 22.8 Å². The smallest absolute Gasteiger partial charge is 0.162 e. The van der Waals surface area contributed by atoms with E-state index in [0.717, 1.165) is 28.0 Å². The Kier molecular flexibility index (Phi) is 7.20. The number of ether oxygens (including phenoxy) is 1. The van der Waals surface area contributed by atoms with Crippen molar-refractivity contribution in [3.8, 4) is 11.8 Å². The molecule has 1 aliphatic heterocycles.